The van der Waals surface area contributed by atoms with Gasteiger partial charge in [0.05, 0.1) is 6.61 Å². The molecule has 1 heterocycles. The number of rotatable bonds is 4. The van der Waals surface area contributed by atoms with E-state index in [1.165, 1.54) is 0 Å². The van der Waals surface area contributed by atoms with Crippen molar-refractivity contribution in [3.63, 3.8) is 0 Å². The summed E-state index contributed by atoms with van der Waals surface area (Å²) in [7, 11) is 3.94. The fourth-order valence-electron chi connectivity index (χ4n) is 2.26. The van der Waals surface area contributed by atoms with Crippen molar-refractivity contribution in [1.82, 2.24) is 9.80 Å². The molecule has 4 heteroatoms. The Hall–Kier alpha value is -0.160. The number of ether oxygens (including phenoxy) is 1. The Morgan fingerprint density at radius 3 is 2.27 bits per heavy atom. The standard InChI is InChI=1S/C11H25N3O/c1-9-6-14(7-10(2)13(9)3)11(5-12)8-15-4/h9-11H,5-8,12H2,1-4H3. The Morgan fingerprint density at radius 1 is 1.33 bits per heavy atom. The summed E-state index contributed by atoms with van der Waals surface area (Å²) in [6.07, 6.45) is 0. The van der Waals surface area contributed by atoms with Crippen molar-refractivity contribution in [2.24, 2.45) is 5.73 Å². The minimum atomic E-state index is 0.369. The molecule has 1 fully saturated rings. The highest BCUT2D eigenvalue weighted by atomic mass is 16.5. The summed E-state index contributed by atoms with van der Waals surface area (Å²) in [5, 5.41) is 0. The van der Waals surface area contributed by atoms with Gasteiger partial charge < -0.3 is 10.5 Å². The monoisotopic (exact) mass is 215 g/mol. The predicted molar refractivity (Wildman–Crippen MR) is 63.0 cm³/mol. The van der Waals surface area contributed by atoms with E-state index in [-0.39, 0.29) is 0 Å². The molecule has 3 atom stereocenters. The Kier molecular flexibility index (Phi) is 4.99. The van der Waals surface area contributed by atoms with Crippen LogP contribution >= 0.6 is 0 Å². The van der Waals surface area contributed by atoms with Crippen LogP contribution in [0.25, 0.3) is 0 Å². The van der Waals surface area contributed by atoms with E-state index in [2.05, 4.69) is 30.7 Å². The summed E-state index contributed by atoms with van der Waals surface area (Å²) in [6.45, 7) is 8.13. The number of hydrogen-bond acceptors (Lipinski definition) is 4. The van der Waals surface area contributed by atoms with Gasteiger partial charge in [0.15, 0.2) is 0 Å². The predicted octanol–water partition coefficient (Wildman–Crippen LogP) is -0.0155. The molecule has 2 N–H and O–H groups in total. The van der Waals surface area contributed by atoms with Crippen LogP contribution in [0.15, 0.2) is 0 Å². The first-order chi connectivity index (χ1) is 7.10. The third kappa shape index (κ3) is 3.14. The van der Waals surface area contributed by atoms with Crippen molar-refractivity contribution in [3.8, 4) is 0 Å². The van der Waals surface area contributed by atoms with Gasteiger partial charge in [-0.1, -0.05) is 0 Å². The van der Waals surface area contributed by atoms with Crippen LogP contribution < -0.4 is 5.73 Å². The largest absolute Gasteiger partial charge is 0.383 e. The molecule has 3 unspecified atom stereocenters. The lowest BCUT2D eigenvalue weighted by molar-refractivity contribution is 0.0109. The zero-order valence-electron chi connectivity index (χ0n) is 10.4. The van der Waals surface area contributed by atoms with Crippen molar-refractivity contribution in [3.05, 3.63) is 0 Å². The van der Waals surface area contributed by atoms with Gasteiger partial charge in [-0.05, 0) is 20.9 Å². The molecule has 0 aliphatic carbocycles. The maximum absolute atomic E-state index is 5.78. The van der Waals surface area contributed by atoms with Gasteiger partial charge in [0.1, 0.15) is 0 Å². The summed E-state index contributed by atoms with van der Waals surface area (Å²) in [5.41, 5.74) is 5.78. The lowest BCUT2D eigenvalue weighted by Gasteiger charge is -2.45. The van der Waals surface area contributed by atoms with Crippen LogP contribution in [-0.4, -0.2) is 68.3 Å². The first-order valence-corrected chi connectivity index (χ1v) is 5.75. The van der Waals surface area contributed by atoms with Gasteiger partial charge >= 0.3 is 0 Å². The van der Waals surface area contributed by atoms with E-state index in [0.29, 0.717) is 24.7 Å². The van der Waals surface area contributed by atoms with Gasteiger partial charge in [-0.15, -0.1) is 0 Å². The highest BCUT2D eigenvalue weighted by molar-refractivity contribution is 4.86. The first kappa shape index (κ1) is 12.9. The number of nitrogens with two attached hydrogens (primary N) is 1. The fraction of sp³-hybridized carbons (Fsp3) is 1.00. The molecular formula is C11H25N3O. The Morgan fingerprint density at radius 2 is 1.87 bits per heavy atom. The van der Waals surface area contributed by atoms with Crippen molar-refractivity contribution in [1.29, 1.82) is 0 Å². The molecule has 90 valence electrons. The summed E-state index contributed by atoms with van der Waals surface area (Å²) >= 11 is 0. The Bertz CT molecular complexity index is 177. The summed E-state index contributed by atoms with van der Waals surface area (Å²) in [4.78, 5) is 4.88. The average molecular weight is 215 g/mol. The highest BCUT2D eigenvalue weighted by Gasteiger charge is 2.29. The van der Waals surface area contributed by atoms with Gasteiger partial charge in [0.25, 0.3) is 0 Å². The lowest BCUT2D eigenvalue weighted by Crippen LogP contribution is -2.59. The zero-order chi connectivity index (χ0) is 11.4. The van der Waals surface area contributed by atoms with Crippen LogP contribution in [0.5, 0.6) is 0 Å². The molecule has 0 spiro atoms. The number of hydrogen-bond donors (Lipinski definition) is 1. The maximum atomic E-state index is 5.78. The molecule has 1 aliphatic rings. The number of piperazine rings is 1. The van der Waals surface area contributed by atoms with Crippen LogP contribution in [0, 0.1) is 0 Å². The minimum Gasteiger partial charge on any atom is -0.383 e. The molecule has 4 nitrogen and oxygen atoms in total. The zero-order valence-corrected chi connectivity index (χ0v) is 10.4. The van der Waals surface area contributed by atoms with Gasteiger partial charge in [0.2, 0.25) is 0 Å². The Balaban J connectivity index is 2.55. The van der Waals surface area contributed by atoms with E-state index >= 15 is 0 Å². The molecule has 1 saturated heterocycles. The summed E-state index contributed by atoms with van der Waals surface area (Å²) < 4.78 is 5.21. The van der Waals surface area contributed by atoms with E-state index in [4.69, 9.17) is 10.5 Å². The number of likely N-dealkylation sites (N-methyl/N-ethyl adjacent to an activating group) is 1. The highest BCUT2D eigenvalue weighted by Crippen LogP contribution is 2.15. The molecule has 0 aromatic rings. The summed E-state index contributed by atoms with van der Waals surface area (Å²) in [6, 6.07) is 1.56. The molecule has 0 aromatic heterocycles. The van der Waals surface area contributed by atoms with E-state index < -0.39 is 0 Å². The second-order valence-electron chi connectivity index (χ2n) is 4.66. The van der Waals surface area contributed by atoms with Crippen LogP contribution in [0.2, 0.25) is 0 Å². The van der Waals surface area contributed by atoms with Crippen LogP contribution in [-0.2, 0) is 4.74 Å². The first-order valence-electron chi connectivity index (χ1n) is 5.75. The molecule has 0 bridgehead atoms. The molecule has 1 aliphatic heterocycles. The second kappa shape index (κ2) is 5.80. The SMILES string of the molecule is COCC(CN)N1CC(C)N(C)C(C)C1. The van der Waals surface area contributed by atoms with Gasteiger partial charge in [0, 0.05) is 44.9 Å². The van der Waals surface area contributed by atoms with Gasteiger partial charge in [-0.3, -0.25) is 9.80 Å². The smallest absolute Gasteiger partial charge is 0.0630 e. The quantitative estimate of drug-likeness (QED) is 0.716. The van der Waals surface area contributed by atoms with Crippen molar-refractivity contribution >= 4 is 0 Å². The van der Waals surface area contributed by atoms with E-state index in [0.717, 1.165) is 19.7 Å². The number of methoxy groups -OCH3 is 1. The third-order valence-corrected chi connectivity index (χ3v) is 3.54. The maximum Gasteiger partial charge on any atom is 0.0630 e. The molecule has 0 radical (unpaired) electrons. The van der Waals surface area contributed by atoms with Crippen molar-refractivity contribution in [2.75, 3.05) is 40.4 Å². The Labute approximate surface area is 93.4 Å². The molecule has 0 saturated carbocycles. The molecule has 1 rings (SSSR count). The summed E-state index contributed by atoms with van der Waals surface area (Å²) in [5.74, 6) is 0. The fourth-order valence-corrected chi connectivity index (χ4v) is 2.26. The minimum absolute atomic E-state index is 0.369. The van der Waals surface area contributed by atoms with Crippen LogP contribution in [0.1, 0.15) is 13.8 Å². The van der Waals surface area contributed by atoms with E-state index in [1.54, 1.807) is 7.11 Å². The number of nitrogens with zero attached hydrogens (tertiary/aromatic N) is 2. The van der Waals surface area contributed by atoms with Gasteiger partial charge in [-0.2, -0.15) is 0 Å². The average Bonchev–Trinajstić information content (AvgIpc) is 2.22. The normalized spacial score (nSPS) is 31.8. The second-order valence-corrected chi connectivity index (χ2v) is 4.66. The van der Waals surface area contributed by atoms with E-state index in [9.17, 15) is 0 Å². The molecule has 15 heavy (non-hydrogen) atoms. The molecule has 0 amide bonds. The van der Waals surface area contributed by atoms with Crippen LogP contribution in [0.3, 0.4) is 0 Å². The van der Waals surface area contributed by atoms with Crippen LogP contribution in [0.4, 0.5) is 0 Å². The molecule has 0 aromatic carbocycles. The topological polar surface area (TPSA) is 41.7 Å². The van der Waals surface area contributed by atoms with E-state index in [1.807, 2.05) is 0 Å². The van der Waals surface area contributed by atoms with Crippen molar-refractivity contribution in [2.45, 2.75) is 32.0 Å². The van der Waals surface area contributed by atoms with Gasteiger partial charge in [-0.25, -0.2) is 0 Å². The molecular weight excluding hydrogens is 190 g/mol. The van der Waals surface area contributed by atoms with Crippen molar-refractivity contribution < 1.29 is 4.74 Å². The third-order valence-electron chi connectivity index (χ3n) is 3.54. The lowest BCUT2D eigenvalue weighted by atomic mass is 10.1.